The lowest BCUT2D eigenvalue weighted by Crippen LogP contribution is -2.11. The van der Waals surface area contributed by atoms with E-state index in [0.717, 1.165) is 27.8 Å². The maximum Gasteiger partial charge on any atom is 0.354 e. The quantitative estimate of drug-likeness (QED) is 0.165. The number of benzene rings is 5. The standard InChI is InChI=1S/C37H27Cl2NO4/c38-29-17-27(18-30(39)21-29)28-19-32-34(33(20-28)43-22-25-12-6-2-7-13-25)40-35(37(41)42)31(16-24-10-4-1-5-11-24)36(32)44-23-26-14-8-3-9-15-26/h1-15,17-21H,16,22-23H2,(H,41,42). The third-order valence-corrected chi connectivity index (χ3v) is 7.62. The summed E-state index contributed by atoms with van der Waals surface area (Å²) >= 11 is 12.8. The first kappa shape index (κ1) is 29.2. The summed E-state index contributed by atoms with van der Waals surface area (Å²) in [7, 11) is 0. The van der Waals surface area contributed by atoms with Crippen LogP contribution < -0.4 is 9.47 Å². The molecule has 0 saturated carbocycles. The molecule has 0 unspecified atom stereocenters. The number of aromatic nitrogens is 1. The molecule has 0 radical (unpaired) electrons. The first-order valence-corrected chi connectivity index (χ1v) is 14.8. The second-order valence-corrected chi connectivity index (χ2v) is 11.2. The molecule has 6 aromatic rings. The largest absolute Gasteiger partial charge is 0.488 e. The van der Waals surface area contributed by atoms with Crippen LogP contribution in [0, 0.1) is 0 Å². The zero-order valence-corrected chi connectivity index (χ0v) is 25.1. The van der Waals surface area contributed by atoms with Crippen LogP contribution in [0.3, 0.4) is 0 Å². The summed E-state index contributed by atoms with van der Waals surface area (Å²) in [5.41, 5.74) is 5.14. The fourth-order valence-corrected chi connectivity index (χ4v) is 5.64. The maximum atomic E-state index is 12.7. The normalized spacial score (nSPS) is 11.0. The van der Waals surface area contributed by atoms with Crippen molar-refractivity contribution >= 4 is 40.1 Å². The number of nitrogens with zero attached hydrogens (tertiary/aromatic N) is 1. The van der Waals surface area contributed by atoms with Crippen LogP contribution in [0.15, 0.2) is 121 Å². The second-order valence-electron chi connectivity index (χ2n) is 10.3. The van der Waals surface area contributed by atoms with Gasteiger partial charge in [-0.05, 0) is 58.1 Å². The van der Waals surface area contributed by atoms with Crippen molar-refractivity contribution in [2.75, 3.05) is 0 Å². The highest BCUT2D eigenvalue weighted by molar-refractivity contribution is 6.35. The number of rotatable bonds is 10. The fourth-order valence-electron chi connectivity index (χ4n) is 5.11. The van der Waals surface area contributed by atoms with Crippen molar-refractivity contribution in [1.29, 1.82) is 0 Å². The van der Waals surface area contributed by atoms with Crippen LogP contribution >= 0.6 is 23.2 Å². The van der Waals surface area contributed by atoms with Gasteiger partial charge in [0.05, 0.1) is 0 Å². The Kier molecular flexibility index (Phi) is 8.78. The van der Waals surface area contributed by atoms with Crippen LogP contribution in [0.1, 0.15) is 32.7 Å². The predicted octanol–water partition coefficient (Wildman–Crippen LogP) is 9.66. The van der Waals surface area contributed by atoms with Crippen molar-refractivity contribution in [2.45, 2.75) is 19.6 Å². The van der Waals surface area contributed by atoms with E-state index in [1.165, 1.54) is 0 Å². The average molecular weight is 621 g/mol. The number of hydrogen-bond donors (Lipinski definition) is 1. The molecule has 1 heterocycles. The molecule has 6 rings (SSSR count). The van der Waals surface area contributed by atoms with Gasteiger partial charge >= 0.3 is 5.97 Å². The van der Waals surface area contributed by atoms with Gasteiger partial charge in [0.1, 0.15) is 30.2 Å². The van der Waals surface area contributed by atoms with Crippen molar-refractivity contribution in [3.8, 4) is 22.6 Å². The van der Waals surface area contributed by atoms with E-state index in [0.29, 0.717) is 44.4 Å². The van der Waals surface area contributed by atoms with Gasteiger partial charge in [0.25, 0.3) is 0 Å². The van der Waals surface area contributed by atoms with Crippen LogP contribution in [-0.2, 0) is 19.6 Å². The average Bonchev–Trinajstić information content (AvgIpc) is 3.03. The highest BCUT2D eigenvalue weighted by Crippen LogP contribution is 2.41. The Balaban J connectivity index is 1.60. The molecular formula is C37H27Cl2NO4. The minimum Gasteiger partial charge on any atom is -0.488 e. The SMILES string of the molecule is O=C(O)c1nc2c(OCc3ccccc3)cc(-c3cc(Cl)cc(Cl)c3)cc2c(OCc2ccccc2)c1Cc1ccccc1. The number of carboxylic acid groups (broad SMARTS) is 1. The number of fused-ring (bicyclic) bond motifs is 1. The molecule has 5 nitrogen and oxygen atoms in total. The lowest BCUT2D eigenvalue weighted by atomic mass is 9.96. The minimum atomic E-state index is -1.15. The lowest BCUT2D eigenvalue weighted by molar-refractivity contribution is 0.0689. The highest BCUT2D eigenvalue weighted by Gasteiger charge is 2.24. The monoisotopic (exact) mass is 619 g/mol. The van der Waals surface area contributed by atoms with E-state index >= 15 is 0 Å². The maximum absolute atomic E-state index is 12.7. The van der Waals surface area contributed by atoms with Gasteiger partial charge in [-0.15, -0.1) is 0 Å². The van der Waals surface area contributed by atoms with E-state index < -0.39 is 5.97 Å². The van der Waals surface area contributed by atoms with Gasteiger partial charge in [-0.3, -0.25) is 0 Å². The van der Waals surface area contributed by atoms with Crippen molar-refractivity contribution in [2.24, 2.45) is 0 Å². The number of halogens is 2. The predicted molar refractivity (Wildman–Crippen MR) is 175 cm³/mol. The van der Waals surface area contributed by atoms with Gasteiger partial charge < -0.3 is 14.6 Å². The number of aromatic carboxylic acids is 1. The van der Waals surface area contributed by atoms with Crippen molar-refractivity contribution < 1.29 is 19.4 Å². The molecule has 44 heavy (non-hydrogen) atoms. The molecule has 7 heteroatoms. The summed E-state index contributed by atoms with van der Waals surface area (Å²) in [6, 6.07) is 38.2. The number of hydrogen-bond acceptors (Lipinski definition) is 4. The Morgan fingerprint density at radius 1 is 0.659 bits per heavy atom. The number of pyridine rings is 1. The van der Waals surface area contributed by atoms with Gasteiger partial charge in [0.2, 0.25) is 0 Å². The first-order valence-electron chi connectivity index (χ1n) is 14.0. The third kappa shape index (κ3) is 6.70. The zero-order valence-electron chi connectivity index (χ0n) is 23.5. The van der Waals surface area contributed by atoms with Crippen LogP contribution in [0.4, 0.5) is 0 Å². The Morgan fingerprint density at radius 3 is 1.75 bits per heavy atom. The topological polar surface area (TPSA) is 68.7 Å². The molecule has 1 aromatic heterocycles. The van der Waals surface area contributed by atoms with Gasteiger partial charge in [0, 0.05) is 27.4 Å². The molecule has 0 bridgehead atoms. The van der Waals surface area contributed by atoms with Crippen molar-refractivity contribution in [3.05, 3.63) is 159 Å². The zero-order chi connectivity index (χ0) is 30.5. The highest BCUT2D eigenvalue weighted by atomic mass is 35.5. The molecule has 218 valence electrons. The lowest BCUT2D eigenvalue weighted by Gasteiger charge is -2.20. The fraction of sp³-hybridized carbons (Fsp3) is 0.0811. The van der Waals surface area contributed by atoms with Crippen molar-refractivity contribution in [1.82, 2.24) is 4.98 Å². The molecule has 5 aromatic carbocycles. The van der Waals surface area contributed by atoms with Crippen LogP contribution in [0.2, 0.25) is 10.0 Å². The molecule has 0 saturated heterocycles. The smallest absolute Gasteiger partial charge is 0.354 e. The van der Waals surface area contributed by atoms with Gasteiger partial charge in [0.15, 0.2) is 5.69 Å². The summed E-state index contributed by atoms with van der Waals surface area (Å²) in [5, 5.41) is 12.0. The van der Waals surface area contributed by atoms with E-state index in [1.807, 2.05) is 115 Å². The summed E-state index contributed by atoms with van der Waals surface area (Å²) < 4.78 is 12.9. The molecule has 0 atom stereocenters. The molecule has 0 aliphatic carbocycles. The summed E-state index contributed by atoms with van der Waals surface area (Å²) in [4.78, 5) is 17.5. The van der Waals surface area contributed by atoms with Crippen LogP contribution in [-0.4, -0.2) is 16.1 Å². The van der Waals surface area contributed by atoms with Crippen molar-refractivity contribution in [3.63, 3.8) is 0 Å². The number of carbonyl (C=O) groups is 1. The molecule has 0 aliphatic heterocycles. The minimum absolute atomic E-state index is 0.0903. The summed E-state index contributed by atoms with van der Waals surface area (Å²) in [6.07, 6.45) is 0.308. The summed E-state index contributed by atoms with van der Waals surface area (Å²) in [6.45, 7) is 0.486. The molecule has 0 spiro atoms. The molecular weight excluding hydrogens is 593 g/mol. The van der Waals surface area contributed by atoms with E-state index in [9.17, 15) is 9.90 Å². The van der Waals surface area contributed by atoms with Gasteiger partial charge in [-0.2, -0.15) is 0 Å². The second kappa shape index (κ2) is 13.2. The van der Waals surface area contributed by atoms with E-state index in [-0.39, 0.29) is 18.9 Å². The van der Waals surface area contributed by atoms with Crippen LogP contribution in [0.5, 0.6) is 11.5 Å². The Morgan fingerprint density at radius 2 is 1.18 bits per heavy atom. The Bertz CT molecular complexity index is 1910. The van der Waals surface area contributed by atoms with E-state index in [1.54, 1.807) is 6.07 Å². The first-order chi connectivity index (χ1) is 21.4. The van der Waals surface area contributed by atoms with Gasteiger partial charge in [-0.25, -0.2) is 9.78 Å². The summed E-state index contributed by atoms with van der Waals surface area (Å²) in [5.74, 6) is -0.308. The van der Waals surface area contributed by atoms with Crippen LogP contribution in [0.25, 0.3) is 22.0 Å². The molecule has 0 fully saturated rings. The number of carboxylic acids is 1. The molecule has 1 N–H and O–H groups in total. The van der Waals surface area contributed by atoms with E-state index in [2.05, 4.69) is 0 Å². The Hall–Kier alpha value is -4.84. The number of ether oxygens (including phenoxy) is 2. The third-order valence-electron chi connectivity index (χ3n) is 7.19. The molecule has 0 amide bonds. The van der Waals surface area contributed by atoms with Gasteiger partial charge in [-0.1, -0.05) is 114 Å². The molecule has 0 aliphatic rings. The Labute approximate surface area is 265 Å². The van der Waals surface area contributed by atoms with E-state index in [4.69, 9.17) is 37.7 Å².